The maximum absolute atomic E-state index is 2.39. The van der Waals surface area contributed by atoms with Gasteiger partial charge in [0, 0.05) is 46.9 Å². The molecule has 0 radical (unpaired) electrons. The Morgan fingerprint density at radius 3 is 0.724 bits per heavy atom. The van der Waals surface area contributed by atoms with E-state index >= 15 is 0 Å². The van der Waals surface area contributed by atoms with E-state index in [1.54, 1.807) is 0 Å². The lowest BCUT2D eigenvalue weighted by atomic mass is 10.0. The first-order chi connectivity index (χ1) is 28.8. The van der Waals surface area contributed by atoms with E-state index in [4.69, 9.17) is 0 Å². The number of aromatic nitrogens is 2. The highest BCUT2D eigenvalue weighted by Gasteiger charge is 2.05. The summed E-state index contributed by atoms with van der Waals surface area (Å²) >= 11 is 4.09. The molecule has 4 heteroatoms. The molecule has 2 rings (SSSR count). The third-order valence-electron chi connectivity index (χ3n) is 12.3. The lowest BCUT2D eigenvalue weighted by molar-refractivity contribution is -0.697. The average molecular weight is 840 g/mol. The molecular formula is C54H98N2S2+2. The third-order valence-corrected chi connectivity index (χ3v) is 14.5. The van der Waals surface area contributed by atoms with E-state index in [0.29, 0.717) is 0 Å². The standard InChI is InChI=1S/C54H98N2S2/c1-3-5-7-9-11-13-15-17-19-21-23-25-27-29-33-37-45-55-47-41-53(42-48-55)57-51-39-35-31-32-36-40-52-58-54-43-49-56(50-44-54)46-38-34-30-28-26-24-22-20-18-16-14-12-10-8-6-4-2/h41-44,47-50H,3-40,45-46,51-52H2,1-2H3/q+2. The third kappa shape index (κ3) is 34.7. The highest BCUT2D eigenvalue weighted by molar-refractivity contribution is 7.99. The fourth-order valence-electron chi connectivity index (χ4n) is 8.35. The maximum Gasteiger partial charge on any atom is 0.169 e. The largest absolute Gasteiger partial charge is 0.205 e. The summed E-state index contributed by atoms with van der Waals surface area (Å²) in [6.07, 6.45) is 63.4. The highest BCUT2D eigenvalue weighted by atomic mass is 32.2. The van der Waals surface area contributed by atoms with Crippen LogP contribution in [0.1, 0.15) is 258 Å². The van der Waals surface area contributed by atoms with Crippen LogP contribution in [0.3, 0.4) is 0 Å². The fourth-order valence-corrected chi connectivity index (χ4v) is 10.2. The predicted octanol–water partition coefficient (Wildman–Crippen LogP) is 18.0. The van der Waals surface area contributed by atoms with Gasteiger partial charge in [-0.25, -0.2) is 9.13 Å². The number of hydrogen-bond donors (Lipinski definition) is 0. The minimum Gasteiger partial charge on any atom is -0.205 e. The van der Waals surface area contributed by atoms with E-state index in [1.165, 1.54) is 278 Å². The maximum atomic E-state index is 2.39. The van der Waals surface area contributed by atoms with Crippen LogP contribution >= 0.6 is 23.5 Å². The van der Waals surface area contributed by atoms with Crippen LogP contribution in [-0.4, -0.2) is 11.5 Å². The van der Waals surface area contributed by atoms with Crippen LogP contribution in [0.25, 0.3) is 0 Å². The topological polar surface area (TPSA) is 7.76 Å². The second kappa shape index (κ2) is 42.7. The molecule has 0 aromatic carbocycles. The van der Waals surface area contributed by atoms with Crippen molar-refractivity contribution in [1.29, 1.82) is 0 Å². The first-order valence-electron chi connectivity index (χ1n) is 26.1. The summed E-state index contributed by atoms with van der Waals surface area (Å²) in [7, 11) is 0. The van der Waals surface area contributed by atoms with Gasteiger partial charge in [0.05, 0.1) is 0 Å². The van der Waals surface area contributed by atoms with Crippen molar-refractivity contribution in [3.63, 3.8) is 0 Å². The van der Waals surface area contributed by atoms with E-state index in [0.717, 1.165) is 0 Å². The van der Waals surface area contributed by atoms with Crippen molar-refractivity contribution in [2.45, 2.75) is 281 Å². The van der Waals surface area contributed by atoms with Gasteiger partial charge in [0.15, 0.2) is 24.8 Å². The van der Waals surface area contributed by atoms with Crippen LogP contribution in [-0.2, 0) is 13.1 Å². The molecule has 0 N–H and O–H groups in total. The molecule has 0 aliphatic rings. The Labute approximate surface area is 372 Å². The molecule has 0 unspecified atom stereocenters. The van der Waals surface area contributed by atoms with Gasteiger partial charge < -0.3 is 0 Å². The molecule has 0 saturated heterocycles. The molecule has 58 heavy (non-hydrogen) atoms. The van der Waals surface area contributed by atoms with E-state index in [9.17, 15) is 0 Å². The van der Waals surface area contributed by atoms with Crippen LogP contribution in [0.4, 0.5) is 0 Å². The molecule has 2 aromatic heterocycles. The Kier molecular flexibility index (Phi) is 39.1. The van der Waals surface area contributed by atoms with Crippen molar-refractivity contribution in [3.8, 4) is 0 Å². The number of unbranched alkanes of at least 4 members (excludes halogenated alkanes) is 35. The van der Waals surface area contributed by atoms with Gasteiger partial charge in [0.25, 0.3) is 0 Å². The molecule has 2 aromatic rings. The van der Waals surface area contributed by atoms with Gasteiger partial charge in [-0.05, 0) is 37.2 Å². The quantitative estimate of drug-likeness (QED) is 0.0373. The van der Waals surface area contributed by atoms with Crippen molar-refractivity contribution < 1.29 is 9.13 Å². The van der Waals surface area contributed by atoms with Gasteiger partial charge >= 0.3 is 0 Å². The number of thioether (sulfide) groups is 2. The summed E-state index contributed by atoms with van der Waals surface area (Å²) in [5.41, 5.74) is 0. The van der Waals surface area contributed by atoms with E-state index < -0.39 is 0 Å². The molecule has 0 fully saturated rings. The zero-order valence-corrected chi connectivity index (χ0v) is 40.7. The van der Waals surface area contributed by atoms with Gasteiger partial charge in [-0.2, -0.15) is 0 Å². The summed E-state index contributed by atoms with van der Waals surface area (Å²) in [5.74, 6) is 2.51. The summed E-state index contributed by atoms with van der Waals surface area (Å²) in [4.78, 5) is 2.87. The Morgan fingerprint density at radius 1 is 0.276 bits per heavy atom. The van der Waals surface area contributed by atoms with Crippen molar-refractivity contribution in [2.24, 2.45) is 0 Å². The highest BCUT2D eigenvalue weighted by Crippen LogP contribution is 2.21. The number of nitrogens with zero attached hydrogens (tertiary/aromatic N) is 2. The van der Waals surface area contributed by atoms with Crippen LogP contribution in [0, 0.1) is 0 Å². The number of rotatable bonds is 45. The SMILES string of the molecule is CCCCCCCCCCCCCCCCCC[n+]1ccc(SCCCCCCCCSc2cc[n+](CCCCCCCCCCCCCCCCCC)cc2)cc1. The van der Waals surface area contributed by atoms with Crippen LogP contribution in [0.5, 0.6) is 0 Å². The molecule has 0 saturated carbocycles. The molecule has 334 valence electrons. The minimum atomic E-state index is 1.17. The number of aryl methyl sites for hydroxylation is 2. The first kappa shape index (κ1) is 53.1. The monoisotopic (exact) mass is 839 g/mol. The molecule has 0 bridgehead atoms. The zero-order valence-electron chi connectivity index (χ0n) is 39.0. The first-order valence-corrected chi connectivity index (χ1v) is 28.0. The summed E-state index contributed by atoms with van der Waals surface area (Å²) < 4.78 is 4.78. The summed E-state index contributed by atoms with van der Waals surface area (Å²) in [5, 5.41) is 0. The number of pyridine rings is 2. The average Bonchev–Trinajstić information content (AvgIpc) is 3.25. The van der Waals surface area contributed by atoms with Gasteiger partial charge in [-0.15, -0.1) is 23.5 Å². The van der Waals surface area contributed by atoms with Crippen LogP contribution < -0.4 is 9.13 Å². The van der Waals surface area contributed by atoms with Crippen molar-refractivity contribution in [3.05, 3.63) is 49.1 Å². The molecule has 0 aliphatic heterocycles. The van der Waals surface area contributed by atoms with E-state index in [1.807, 2.05) is 23.5 Å². The minimum absolute atomic E-state index is 1.17. The Hall–Kier alpha value is -1.00. The molecule has 0 atom stereocenters. The lowest BCUT2D eigenvalue weighted by Gasteiger charge is -2.04. The van der Waals surface area contributed by atoms with Gasteiger partial charge in [0.2, 0.25) is 0 Å². The van der Waals surface area contributed by atoms with E-state index in [2.05, 4.69) is 72.0 Å². The Bertz CT molecular complexity index is 1000. The second-order valence-corrected chi connectivity index (χ2v) is 20.3. The zero-order chi connectivity index (χ0) is 41.1. The van der Waals surface area contributed by atoms with Crippen molar-refractivity contribution in [1.82, 2.24) is 0 Å². The Balaban J connectivity index is 1.29. The summed E-state index contributed by atoms with van der Waals surface area (Å²) in [6.45, 7) is 6.96. The van der Waals surface area contributed by atoms with Crippen molar-refractivity contribution in [2.75, 3.05) is 11.5 Å². The lowest BCUT2D eigenvalue weighted by Crippen LogP contribution is -2.32. The summed E-state index contributed by atoms with van der Waals surface area (Å²) in [6, 6.07) is 9.35. The van der Waals surface area contributed by atoms with Crippen LogP contribution in [0.2, 0.25) is 0 Å². The number of hydrogen-bond acceptors (Lipinski definition) is 2. The normalized spacial score (nSPS) is 11.6. The predicted molar refractivity (Wildman–Crippen MR) is 262 cm³/mol. The second-order valence-electron chi connectivity index (χ2n) is 18.0. The fraction of sp³-hybridized carbons (Fsp3) is 0.815. The van der Waals surface area contributed by atoms with Gasteiger partial charge in [-0.3, -0.25) is 0 Å². The van der Waals surface area contributed by atoms with E-state index in [-0.39, 0.29) is 0 Å². The van der Waals surface area contributed by atoms with Crippen LogP contribution in [0.15, 0.2) is 58.8 Å². The molecule has 0 amide bonds. The van der Waals surface area contributed by atoms with Gasteiger partial charge in [0.1, 0.15) is 13.1 Å². The molecule has 2 nitrogen and oxygen atoms in total. The van der Waals surface area contributed by atoms with Crippen molar-refractivity contribution >= 4 is 23.5 Å². The molecular weight excluding hydrogens is 741 g/mol. The Morgan fingerprint density at radius 2 is 0.483 bits per heavy atom. The molecule has 0 spiro atoms. The molecule has 0 aliphatic carbocycles. The molecule has 2 heterocycles. The smallest absolute Gasteiger partial charge is 0.169 e. The van der Waals surface area contributed by atoms with Gasteiger partial charge in [-0.1, -0.05) is 219 Å².